The van der Waals surface area contributed by atoms with Crippen molar-refractivity contribution >= 4 is 17.5 Å². The van der Waals surface area contributed by atoms with Crippen LogP contribution in [0.25, 0.3) is 5.57 Å². The molecule has 1 nitrogen and oxygen atoms in total. The van der Waals surface area contributed by atoms with Crippen molar-refractivity contribution in [2.24, 2.45) is 10.9 Å². The third kappa shape index (κ3) is 3.49. The highest BCUT2D eigenvalue weighted by Crippen LogP contribution is 2.26. The van der Waals surface area contributed by atoms with Crippen molar-refractivity contribution in [3.63, 3.8) is 0 Å². The van der Waals surface area contributed by atoms with E-state index in [2.05, 4.69) is 70.7 Å². The zero-order chi connectivity index (χ0) is 15.4. The van der Waals surface area contributed by atoms with Gasteiger partial charge in [-0.1, -0.05) is 62.9 Å². The Morgan fingerprint density at radius 1 is 1.00 bits per heavy atom. The maximum Gasteiger partial charge on any atom is 0.0688 e. The Morgan fingerprint density at radius 3 is 2.24 bits per heavy atom. The van der Waals surface area contributed by atoms with Gasteiger partial charge in [-0.25, -0.2) is 0 Å². The molecule has 0 unspecified atom stereocenters. The molecule has 21 heavy (non-hydrogen) atoms. The van der Waals surface area contributed by atoms with Crippen LogP contribution in [0, 0.1) is 19.8 Å². The number of nitrogens with zero attached hydrogens (tertiary/aromatic N) is 1. The van der Waals surface area contributed by atoms with Gasteiger partial charge < -0.3 is 0 Å². The second-order valence-corrected chi connectivity index (χ2v) is 5.77. The van der Waals surface area contributed by atoms with Gasteiger partial charge in [0.25, 0.3) is 0 Å². The molecule has 0 saturated heterocycles. The van der Waals surface area contributed by atoms with Gasteiger partial charge in [0.15, 0.2) is 0 Å². The van der Waals surface area contributed by atoms with Crippen molar-refractivity contribution in [1.29, 1.82) is 0 Å². The first kappa shape index (κ1) is 15.2. The maximum atomic E-state index is 4.71. The highest BCUT2D eigenvalue weighted by atomic mass is 14.7. The van der Waals surface area contributed by atoms with E-state index in [1.807, 2.05) is 12.3 Å². The Balaban J connectivity index is 2.40. The summed E-state index contributed by atoms with van der Waals surface area (Å²) < 4.78 is 0. The number of benzene rings is 2. The van der Waals surface area contributed by atoms with E-state index in [1.165, 1.54) is 16.7 Å². The van der Waals surface area contributed by atoms with Crippen LogP contribution < -0.4 is 0 Å². The lowest BCUT2D eigenvalue weighted by molar-refractivity contribution is 0.857. The van der Waals surface area contributed by atoms with Crippen molar-refractivity contribution in [1.82, 2.24) is 0 Å². The van der Waals surface area contributed by atoms with Gasteiger partial charge in [-0.15, -0.1) is 0 Å². The normalized spacial score (nSPS) is 11.3. The number of aryl methyl sites for hydroxylation is 2. The third-order valence-corrected chi connectivity index (χ3v) is 3.78. The van der Waals surface area contributed by atoms with E-state index in [4.69, 9.17) is 4.99 Å². The van der Waals surface area contributed by atoms with Crippen LogP contribution in [-0.2, 0) is 0 Å². The molecule has 0 saturated carbocycles. The molecule has 0 fully saturated rings. The van der Waals surface area contributed by atoms with E-state index in [0.717, 1.165) is 16.8 Å². The second-order valence-electron chi connectivity index (χ2n) is 5.77. The van der Waals surface area contributed by atoms with Gasteiger partial charge in [0.05, 0.1) is 5.69 Å². The van der Waals surface area contributed by atoms with Gasteiger partial charge in [0.1, 0.15) is 0 Å². The van der Waals surface area contributed by atoms with Gasteiger partial charge in [0.2, 0.25) is 0 Å². The summed E-state index contributed by atoms with van der Waals surface area (Å²) in [5, 5.41) is 0. The van der Waals surface area contributed by atoms with E-state index in [0.29, 0.717) is 5.92 Å². The summed E-state index contributed by atoms with van der Waals surface area (Å²) in [6.07, 6.45) is 1.96. The van der Waals surface area contributed by atoms with Gasteiger partial charge >= 0.3 is 0 Å². The van der Waals surface area contributed by atoms with Crippen LogP contribution in [0.4, 0.5) is 5.69 Å². The molecule has 0 aliphatic carbocycles. The molecule has 0 amide bonds. The van der Waals surface area contributed by atoms with Crippen LogP contribution in [-0.4, -0.2) is 6.21 Å². The summed E-state index contributed by atoms with van der Waals surface area (Å²) in [6, 6.07) is 14.6. The molecule has 1 heteroatoms. The first-order valence-corrected chi connectivity index (χ1v) is 7.39. The van der Waals surface area contributed by atoms with Crippen molar-refractivity contribution < 1.29 is 0 Å². The Morgan fingerprint density at radius 2 is 1.62 bits per heavy atom. The molecular formula is C20H23N. The largest absolute Gasteiger partial charge is 0.256 e. The molecule has 108 valence electrons. The maximum absolute atomic E-state index is 4.71. The van der Waals surface area contributed by atoms with E-state index < -0.39 is 0 Å². The standard InChI is InChI=1S/C20H23N/c1-14(2)17(5)19-12-7-6-11-18(19)13-21-20-15(3)9-8-10-16(20)4/h6-14H,5H2,1-4H3. The summed E-state index contributed by atoms with van der Waals surface area (Å²) in [7, 11) is 0. The number of para-hydroxylation sites is 1. The Bertz CT molecular complexity index is 658. The highest BCUT2D eigenvalue weighted by Gasteiger charge is 2.07. The summed E-state index contributed by atoms with van der Waals surface area (Å²) >= 11 is 0. The SMILES string of the molecule is C=C(c1ccccc1C=Nc1c(C)cccc1C)C(C)C. The lowest BCUT2D eigenvalue weighted by atomic mass is 9.93. The molecule has 2 aromatic carbocycles. The first-order chi connectivity index (χ1) is 10.0. The monoisotopic (exact) mass is 277 g/mol. The van der Waals surface area contributed by atoms with Crippen molar-refractivity contribution in [2.75, 3.05) is 0 Å². The first-order valence-electron chi connectivity index (χ1n) is 7.39. The third-order valence-electron chi connectivity index (χ3n) is 3.78. The minimum absolute atomic E-state index is 0.430. The zero-order valence-corrected chi connectivity index (χ0v) is 13.4. The van der Waals surface area contributed by atoms with Crippen LogP contribution >= 0.6 is 0 Å². The highest BCUT2D eigenvalue weighted by molar-refractivity contribution is 5.90. The fraction of sp³-hybridized carbons (Fsp3) is 0.250. The van der Waals surface area contributed by atoms with Crippen LogP contribution in [0.5, 0.6) is 0 Å². The number of aliphatic imine (C=N–C) groups is 1. The van der Waals surface area contributed by atoms with E-state index in [-0.39, 0.29) is 0 Å². The number of hydrogen-bond donors (Lipinski definition) is 0. The quantitative estimate of drug-likeness (QED) is 0.633. The van der Waals surface area contributed by atoms with E-state index in [1.54, 1.807) is 0 Å². The predicted molar refractivity (Wildman–Crippen MR) is 93.5 cm³/mol. The van der Waals surface area contributed by atoms with Gasteiger partial charge in [-0.3, -0.25) is 4.99 Å². The van der Waals surface area contributed by atoms with E-state index in [9.17, 15) is 0 Å². The molecular weight excluding hydrogens is 254 g/mol. The van der Waals surface area contributed by atoms with Crippen molar-refractivity contribution in [2.45, 2.75) is 27.7 Å². The molecule has 0 aromatic heterocycles. The van der Waals surface area contributed by atoms with Crippen molar-refractivity contribution in [3.8, 4) is 0 Å². The van der Waals surface area contributed by atoms with Crippen molar-refractivity contribution in [3.05, 3.63) is 71.3 Å². The molecule has 2 rings (SSSR count). The number of hydrogen-bond acceptors (Lipinski definition) is 1. The average Bonchev–Trinajstić information content (AvgIpc) is 2.46. The minimum Gasteiger partial charge on any atom is -0.256 e. The Kier molecular flexibility index (Phi) is 4.74. The van der Waals surface area contributed by atoms with Gasteiger partial charge in [-0.2, -0.15) is 0 Å². The average molecular weight is 277 g/mol. The smallest absolute Gasteiger partial charge is 0.0688 e. The van der Waals surface area contributed by atoms with Crippen LogP contribution in [0.3, 0.4) is 0 Å². The van der Waals surface area contributed by atoms with Crippen LogP contribution in [0.1, 0.15) is 36.1 Å². The fourth-order valence-corrected chi connectivity index (χ4v) is 2.36. The second kappa shape index (κ2) is 6.53. The lowest BCUT2D eigenvalue weighted by Gasteiger charge is -2.12. The molecule has 0 radical (unpaired) electrons. The van der Waals surface area contributed by atoms with Gasteiger partial charge in [0, 0.05) is 11.8 Å². The number of allylic oxidation sites excluding steroid dienone is 1. The molecule has 0 N–H and O–H groups in total. The summed E-state index contributed by atoms with van der Waals surface area (Å²) in [4.78, 5) is 4.71. The fourth-order valence-electron chi connectivity index (χ4n) is 2.36. The van der Waals surface area contributed by atoms with E-state index >= 15 is 0 Å². The lowest BCUT2D eigenvalue weighted by Crippen LogP contribution is -1.97. The molecule has 0 bridgehead atoms. The van der Waals surface area contributed by atoms with Gasteiger partial charge in [-0.05, 0) is 42.0 Å². The number of rotatable bonds is 4. The molecule has 0 heterocycles. The molecule has 0 atom stereocenters. The van der Waals surface area contributed by atoms with Crippen LogP contribution in [0.15, 0.2) is 54.0 Å². The Hall–Kier alpha value is -2.15. The predicted octanol–water partition coefficient (Wildman–Crippen LogP) is 5.72. The van der Waals surface area contributed by atoms with Crippen LogP contribution in [0.2, 0.25) is 0 Å². The molecule has 2 aromatic rings. The summed E-state index contributed by atoms with van der Waals surface area (Å²) in [6.45, 7) is 12.7. The zero-order valence-electron chi connectivity index (χ0n) is 13.4. The summed E-state index contributed by atoms with van der Waals surface area (Å²) in [5.74, 6) is 0.430. The molecule has 0 spiro atoms. The summed E-state index contributed by atoms with van der Waals surface area (Å²) in [5.41, 5.74) is 6.92. The molecule has 0 aliphatic rings. The minimum atomic E-state index is 0.430. The molecule has 0 aliphatic heterocycles. The Labute approximate surface area is 128 Å². The topological polar surface area (TPSA) is 12.4 Å².